The van der Waals surface area contributed by atoms with Gasteiger partial charge in [-0.1, -0.05) is 6.07 Å². The highest BCUT2D eigenvalue weighted by atomic mass is 32.1. The van der Waals surface area contributed by atoms with Crippen LogP contribution in [0.1, 0.15) is 21.6 Å². The average Bonchev–Trinajstić information content (AvgIpc) is 3.25. The van der Waals surface area contributed by atoms with Gasteiger partial charge in [-0.15, -0.1) is 0 Å². The predicted octanol–water partition coefficient (Wildman–Crippen LogP) is 3.91. The lowest BCUT2D eigenvalue weighted by atomic mass is 10.1. The molecule has 9 heteroatoms. The third-order valence-corrected chi connectivity index (χ3v) is 4.98. The zero-order chi connectivity index (χ0) is 20.8. The number of hydrogen-bond donors (Lipinski definition) is 0. The van der Waals surface area contributed by atoms with Gasteiger partial charge < -0.3 is 14.4 Å². The van der Waals surface area contributed by atoms with Gasteiger partial charge in [0.1, 0.15) is 5.56 Å². The Kier molecular flexibility index (Phi) is 6.40. The molecule has 0 fully saturated rings. The Bertz CT molecular complexity index is 993. The van der Waals surface area contributed by atoms with E-state index >= 15 is 0 Å². The van der Waals surface area contributed by atoms with Crippen molar-refractivity contribution in [3.8, 4) is 11.5 Å². The molecule has 8 nitrogen and oxygen atoms in total. The number of nitro groups is 1. The van der Waals surface area contributed by atoms with Crippen LogP contribution in [0.5, 0.6) is 11.5 Å². The summed E-state index contributed by atoms with van der Waals surface area (Å²) in [6.07, 6.45) is 1.64. The van der Waals surface area contributed by atoms with E-state index in [2.05, 4.69) is 4.98 Å². The van der Waals surface area contributed by atoms with Crippen molar-refractivity contribution in [2.24, 2.45) is 0 Å². The summed E-state index contributed by atoms with van der Waals surface area (Å²) in [7, 11) is 2.79. The number of aromatic nitrogens is 1. The molecule has 0 atom stereocenters. The maximum absolute atomic E-state index is 13.4. The first-order valence-electron chi connectivity index (χ1n) is 8.64. The number of thiophene rings is 1. The molecule has 0 aliphatic heterocycles. The second kappa shape index (κ2) is 9.16. The van der Waals surface area contributed by atoms with Gasteiger partial charge in [-0.2, -0.15) is 11.3 Å². The van der Waals surface area contributed by atoms with Gasteiger partial charge >= 0.3 is 0 Å². The van der Waals surface area contributed by atoms with E-state index in [1.165, 1.54) is 42.6 Å². The number of pyridine rings is 1. The van der Waals surface area contributed by atoms with Crippen molar-refractivity contribution in [3.63, 3.8) is 0 Å². The van der Waals surface area contributed by atoms with Crippen molar-refractivity contribution in [1.29, 1.82) is 0 Å². The van der Waals surface area contributed by atoms with Gasteiger partial charge in [0.15, 0.2) is 11.5 Å². The van der Waals surface area contributed by atoms with Crippen LogP contribution < -0.4 is 9.47 Å². The maximum atomic E-state index is 13.4. The highest BCUT2D eigenvalue weighted by molar-refractivity contribution is 7.07. The molecule has 0 aliphatic carbocycles. The molecule has 1 amide bonds. The minimum absolute atomic E-state index is 0.0705. The zero-order valence-corrected chi connectivity index (χ0v) is 16.7. The van der Waals surface area contributed by atoms with E-state index < -0.39 is 10.8 Å². The lowest BCUT2D eigenvalue weighted by Gasteiger charge is -2.22. The summed E-state index contributed by atoms with van der Waals surface area (Å²) in [5, 5.41) is 15.5. The highest BCUT2D eigenvalue weighted by Crippen LogP contribution is 2.35. The number of methoxy groups -OCH3 is 2. The molecule has 29 heavy (non-hydrogen) atoms. The van der Waals surface area contributed by atoms with Crippen LogP contribution in [0.25, 0.3) is 0 Å². The van der Waals surface area contributed by atoms with Gasteiger partial charge in [0.2, 0.25) is 0 Å². The number of carbonyl (C=O) groups excluding carboxylic acids is 1. The Morgan fingerprint density at radius 2 is 1.93 bits per heavy atom. The van der Waals surface area contributed by atoms with E-state index in [4.69, 9.17) is 9.47 Å². The van der Waals surface area contributed by atoms with Crippen molar-refractivity contribution in [2.75, 3.05) is 14.2 Å². The molecule has 2 heterocycles. The van der Waals surface area contributed by atoms with Crippen molar-refractivity contribution in [3.05, 3.63) is 80.3 Å². The number of amides is 1. The Hall–Kier alpha value is -3.46. The summed E-state index contributed by atoms with van der Waals surface area (Å²) in [6, 6.07) is 9.87. The molecule has 0 spiro atoms. The van der Waals surface area contributed by atoms with Crippen LogP contribution in [-0.4, -0.2) is 34.9 Å². The monoisotopic (exact) mass is 413 g/mol. The number of rotatable bonds is 8. The van der Waals surface area contributed by atoms with Gasteiger partial charge in [-0.05, 0) is 34.5 Å². The van der Waals surface area contributed by atoms with E-state index in [-0.39, 0.29) is 29.3 Å². The number of nitrogens with zero attached hydrogens (tertiary/aromatic N) is 3. The minimum Gasteiger partial charge on any atom is -0.493 e. The number of benzene rings is 1. The predicted molar refractivity (Wildman–Crippen MR) is 108 cm³/mol. The quantitative estimate of drug-likeness (QED) is 0.410. The van der Waals surface area contributed by atoms with E-state index in [1.54, 1.807) is 18.3 Å². The average molecular weight is 413 g/mol. The first-order valence-corrected chi connectivity index (χ1v) is 9.58. The third kappa shape index (κ3) is 4.69. The van der Waals surface area contributed by atoms with Crippen LogP contribution >= 0.6 is 11.3 Å². The Morgan fingerprint density at radius 1 is 1.17 bits per heavy atom. The molecule has 2 aromatic heterocycles. The Labute approximate surface area is 171 Å². The van der Waals surface area contributed by atoms with Crippen molar-refractivity contribution < 1.29 is 19.2 Å². The van der Waals surface area contributed by atoms with Crippen LogP contribution in [0.3, 0.4) is 0 Å². The SMILES string of the molecule is COc1cc(C(=O)N(Cc2ccsc2)Cc2ccccn2)c([N+](=O)[O-])cc1OC. The molecule has 0 N–H and O–H groups in total. The lowest BCUT2D eigenvalue weighted by molar-refractivity contribution is -0.385. The maximum Gasteiger partial charge on any atom is 0.286 e. The fraction of sp³-hybridized carbons (Fsp3) is 0.200. The standard InChI is InChI=1S/C20H19N3O5S/c1-27-18-9-16(17(23(25)26)10-19(18)28-2)20(24)22(11-14-6-8-29-13-14)12-15-5-3-4-7-21-15/h3-10,13H,11-12H2,1-2H3. The lowest BCUT2D eigenvalue weighted by Crippen LogP contribution is -2.31. The smallest absolute Gasteiger partial charge is 0.286 e. The molecule has 150 valence electrons. The van der Waals surface area contributed by atoms with Crippen molar-refractivity contribution in [2.45, 2.75) is 13.1 Å². The van der Waals surface area contributed by atoms with Crippen LogP contribution in [-0.2, 0) is 13.1 Å². The Morgan fingerprint density at radius 3 is 2.52 bits per heavy atom. The summed E-state index contributed by atoms with van der Waals surface area (Å²) in [5.41, 5.74) is 1.20. The molecule has 0 saturated carbocycles. The van der Waals surface area contributed by atoms with Gasteiger partial charge in [-0.25, -0.2) is 0 Å². The number of ether oxygens (including phenoxy) is 2. The number of hydrogen-bond acceptors (Lipinski definition) is 7. The van der Waals surface area contributed by atoms with E-state index in [0.29, 0.717) is 12.2 Å². The van der Waals surface area contributed by atoms with Crippen molar-refractivity contribution in [1.82, 2.24) is 9.88 Å². The minimum atomic E-state index is -0.598. The molecule has 0 saturated heterocycles. The summed E-state index contributed by atoms with van der Waals surface area (Å²) in [4.78, 5) is 30.2. The molecule has 1 aromatic carbocycles. The summed E-state index contributed by atoms with van der Waals surface area (Å²) in [5.74, 6) is -0.0610. The van der Waals surface area contributed by atoms with E-state index in [1.807, 2.05) is 22.9 Å². The van der Waals surface area contributed by atoms with Gasteiger partial charge in [0, 0.05) is 18.8 Å². The second-order valence-corrected chi connectivity index (χ2v) is 6.88. The van der Waals surface area contributed by atoms with Crippen LogP contribution in [0, 0.1) is 10.1 Å². The summed E-state index contributed by atoms with van der Waals surface area (Å²) < 4.78 is 10.4. The zero-order valence-electron chi connectivity index (χ0n) is 15.9. The molecule has 3 rings (SSSR count). The largest absolute Gasteiger partial charge is 0.493 e. The van der Waals surface area contributed by atoms with E-state index in [9.17, 15) is 14.9 Å². The van der Waals surface area contributed by atoms with Gasteiger partial charge in [0.25, 0.3) is 11.6 Å². The fourth-order valence-corrected chi connectivity index (χ4v) is 3.51. The van der Waals surface area contributed by atoms with Crippen LogP contribution in [0.4, 0.5) is 5.69 Å². The fourth-order valence-electron chi connectivity index (χ4n) is 2.85. The summed E-state index contributed by atoms with van der Waals surface area (Å²) in [6.45, 7) is 0.505. The molecule has 0 radical (unpaired) electrons. The number of nitro benzene ring substituents is 1. The second-order valence-electron chi connectivity index (χ2n) is 6.10. The molecular weight excluding hydrogens is 394 g/mol. The third-order valence-electron chi connectivity index (χ3n) is 4.25. The van der Waals surface area contributed by atoms with E-state index in [0.717, 1.165) is 5.56 Å². The normalized spacial score (nSPS) is 10.4. The summed E-state index contributed by atoms with van der Waals surface area (Å²) >= 11 is 1.52. The molecule has 0 bridgehead atoms. The highest BCUT2D eigenvalue weighted by Gasteiger charge is 2.28. The van der Waals surface area contributed by atoms with Crippen LogP contribution in [0.2, 0.25) is 0 Å². The molecule has 0 unspecified atom stereocenters. The molecule has 3 aromatic rings. The first-order chi connectivity index (χ1) is 14.0. The Balaban J connectivity index is 2.03. The van der Waals surface area contributed by atoms with Gasteiger partial charge in [-0.3, -0.25) is 19.9 Å². The van der Waals surface area contributed by atoms with Gasteiger partial charge in [0.05, 0.1) is 37.4 Å². The van der Waals surface area contributed by atoms with Crippen LogP contribution in [0.15, 0.2) is 53.4 Å². The molecule has 0 aliphatic rings. The topological polar surface area (TPSA) is 94.8 Å². The first kappa shape index (κ1) is 20.3. The number of carbonyl (C=O) groups is 1. The molecular formula is C20H19N3O5S. The van der Waals surface area contributed by atoms with Crippen molar-refractivity contribution >= 4 is 22.9 Å².